The Morgan fingerprint density at radius 1 is 1.28 bits per heavy atom. The molecule has 1 unspecified atom stereocenters. The monoisotopic (exact) mass is 338 g/mol. The minimum Gasteiger partial charge on any atom is -0.493 e. The molecule has 0 radical (unpaired) electrons. The fourth-order valence-electron chi connectivity index (χ4n) is 3.78. The maximum absolute atomic E-state index is 6.08. The van der Waals surface area contributed by atoms with Crippen LogP contribution in [0.15, 0.2) is 42.7 Å². The number of fused-ring (bicyclic) bond motifs is 1. The number of hydrogen-bond donors (Lipinski definition) is 0. The van der Waals surface area contributed by atoms with Crippen LogP contribution in [-0.4, -0.2) is 35.7 Å². The third kappa shape index (κ3) is 3.86. The van der Waals surface area contributed by atoms with Crippen molar-refractivity contribution >= 4 is 0 Å². The van der Waals surface area contributed by atoms with Gasteiger partial charge in [0.15, 0.2) is 0 Å². The Hall–Kier alpha value is -1.91. The average molecular weight is 338 g/mol. The third-order valence-corrected chi connectivity index (χ3v) is 5.44. The van der Waals surface area contributed by atoms with Crippen LogP contribution in [0.5, 0.6) is 5.75 Å². The van der Waals surface area contributed by atoms with Gasteiger partial charge in [0, 0.05) is 37.9 Å². The van der Waals surface area contributed by atoms with Crippen LogP contribution in [0.25, 0.3) is 0 Å². The maximum atomic E-state index is 6.08. The predicted octanol–water partition coefficient (Wildman–Crippen LogP) is 3.76. The first-order valence-electron chi connectivity index (χ1n) is 9.30. The first-order valence-corrected chi connectivity index (χ1v) is 9.30. The van der Waals surface area contributed by atoms with Crippen molar-refractivity contribution in [2.75, 3.05) is 19.7 Å². The summed E-state index contributed by atoms with van der Waals surface area (Å²) in [6, 6.07) is 11.2. The van der Waals surface area contributed by atoms with Crippen LogP contribution in [0.2, 0.25) is 0 Å². The summed E-state index contributed by atoms with van der Waals surface area (Å²) < 4.78 is 11.8. The Balaban J connectivity index is 1.29. The fourth-order valence-corrected chi connectivity index (χ4v) is 3.78. The van der Waals surface area contributed by atoms with Gasteiger partial charge in [-0.1, -0.05) is 18.2 Å². The number of hydrogen-bond acceptors (Lipinski definition) is 4. The van der Waals surface area contributed by atoms with E-state index in [9.17, 15) is 0 Å². The van der Waals surface area contributed by atoms with Gasteiger partial charge < -0.3 is 9.47 Å². The standard InChI is InChI=1S/C21H26N2O2/c1-16(19-5-4-18-8-12-24-21(18)13-19)23-10-6-20(7-11-23)25-15-17-3-2-9-22-14-17/h2-5,9,13-14,16,20H,6-8,10-12,15H2,1H3. The quantitative estimate of drug-likeness (QED) is 0.831. The number of benzene rings is 1. The summed E-state index contributed by atoms with van der Waals surface area (Å²) >= 11 is 0. The van der Waals surface area contributed by atoms with Gasteiger partial charge in [0.1, 0.15) is 5.75 Å². The first kappa shape index (κ1) is 16.6. The van der Waals surface area contributed by atoms with Crippen molar-refractivity contribution in [1.29, 1.82) is 0 Å². The van der Waals surface area contributed by atoms with Gasteiger partial charge in [0.05, 0.1) is 19.3 Å². The second-order valence-electron chi connectivity index (χ2n) is 7.05. The molecule has 2 aromatic rings. The molecule has 0 bridgehead atoms. The summed E-state index contributed by atoms with van der Waals surface area (Å²) in [6.45, 7) is 5.95. The molecule has 25 heavy (non-hydrogen) atoms. The van der Waals surface area contributed by atoms with Crippen molar-refractivity contribution < 1.29 is 9.47 Å². The second-order valence-corrected chi connectivity index (χ2v) is 7.05. The van der Waals surface area contributed by atoms with E-state index in [1.54, 1.807) is 6.20 Å². The van der Waals surface area contributed by atoms with E-state index in [0.29, 0.717) is 18.8 Å². The SMILES string of the molecule is CC(c1ccc2c(c1)OCC2)N1CCC(OCc2cccnc2)CC1. The summed E-state index contributed by atoms with van der Waals surface area (Å²) in [5.74, 6) is 1.08. The lowest BCUT2D eigenvalue weighted by atomic mass is 10.00. The van der Waals surface area contributed by atoms with E-state index in [1.807, 2.05) is 12.3 Å². The van der Waals surface area contributed by atoms with Crippen molar-refractivity contribution in [2.45, 2.75) is 44.9 Å². The van der Waals surface area contributed by atoms with Crippen molar-refractivity contribution in [3.63, 3.8) is 0 Å². The lowest BCUT2D eigenvalue weighted by Crippen LogP contribution is -2.38. The van der Waals surface area contributed by atoms with E-state index >= 15 is 0 Å². The highest BCUT2D eigenvalue weighted by atomic mass is 16.5. The molecule has 0 amide bonds. The normalized spacial score (nSPS) is 19.4. The van der Waals surface area contributed by atoms with E-state index < -0.39 is 0 Å². The maximum Gasteiger partial charge on any atom is 0.122 e. The van der Waals surface area contributed by atoms with E-state index in [4.69, 9.17) is 9.47 Å². The van der Waals surface area contributed by atoms with Gasteiger partial charge in [-0.15, -0.1) is 0 Å². The molecule has 2 aliphatic heterocycles. The Labute approximate surface area is 149 Å². The number of ether oxygens (including phenoxy) is 2. The molecule has 0 aliphatic carbocycles. The van der Waals surface area contributed by atoms with Crippen LogP contribution in [0.4, 0.5) is 0 Å². The molecule has 0 saturated carbocycles. The van der Waals surface area contributed by atoms with Crippen molar-refractivity contribution in [3.8, 4) is 5.75 Å². The minimum absolute atomic E-state index is 0.354. The zero-order chi connectivity index (χ0) is 17.1. The summed E-state index contributed by atoms with van der Waals surface area (Å²) in [5.41, 5.74) is 3.85. The topological polar surface area (TPSA) is 34.6 Å². The van der Waals surface area contributed by atoms with E-state index in [0.717, 1.165) is 50.3 Å². The molecule has 4 nitrogen and oxygen atoms in total. The molecular weight excluding hydrogens is 312 g/mol. The van der Waals surface area contributed by atoms with E-state index in [1.165, 1.54) is 11.1 Å². The molecule has 1 fully saturated rings. The molecule has 4 heteroatoms. The third-order valence-electron chi connectivity index (χ3n) is 5.44. The number of likely N-dealkylation sites (tertiary alicyclic amines) is 1. The summed E-state index contributed by atoms with van der Waals surface area (Å²) in [4.78, 5) is 6.70. The molecule has 4 rings (SSSR count). The van der Waals surface area contributed by atoms with Gasteiger partial charge in [-0.2, -0.15) is 0 Å². The van der Waals surface area contributed by atoms with Gasteiger partial charge in [0.2, 0.25) is 0 Å². The predicted molar refractivity (Wildman–Crippen MR) is 97.7 cm³/mol. The van der Waals surface area contributed by atoms with Crippen LogP contribution in [0.1, 0.15) is 42.5 Å². The van der Waals surface area contributed by atoms with Gasteiger partial charge >= 0.3 is 0 Å². The molecule has 2 aliphatic rings. The first-order chi connectivity index (χ1) is 12.3. The molecule has 132 valence electrons. The highest BCUT2D eigenvalue weighted by molar-refractivity contribution is 5.41. The highest BCUT2D eigenvalue weighted by Crippen LogP contribution is 2.32. The second kappa shape index (κ2) is 7.54. The minimum atomic E-state index is 0.354. The largest absolute Gasteiger partial charge is 0.493 e. The number of rotatable bonds is 5. The van der Waals surface area contributed by atoms with Crippen LogP contribution in [0, 0.1) is 0 Å². The Bertz CT molecular complexity index is 696. The molecule has 1 saturated heterocycles. The van der Waals surface area contributed by atoms with Crippen molar-refractivity contribution in [1.82, 2.24) is 9.88 Å². The molecule has 1 aromatic carbocycles. The zero-order valence-electron chi connectivity index (χ0n) is 14.9. The van der Waals surface area contributed by atoms with Crippen LogP contribution in [0.3, 0.4) is 0 Å². The molecule has 3 heterocycles. The molecule has 0 N–H and O–H groups in total. The van der Waals surface area contributed by atoms with Gasteiger partial charge in [-0.05, 0) is 48.6 Å². The summed E-state index contributed by atoms with van der Waals surface area (Å²) in [7, 11) is 0. The molecular formula is C21H26N2O2. The summed E-state index contributed by atoms with van der Waals surface area (Å²) in [5, 5.41) is 0. The molecule has 1 atom stereocenters. The summed E-state index contributed by atoms with van der Waals surface area (Å²) in [6.07, 6.45) is 7.26. The van der Waals surface area contributed by atoms with Gasteiger partial charge in [0.25, 0.3) is 0 Å². The van der Waals surface area contributed by atoms with Gasteiger partial charge in [-0.25, -0.2) is 0 Å². The van der Waals surface area contributed by atoms with Crippen LogP contribution >= 0.6 is 0 Å². The van der Waals surface area contributed by atoms with Crippen LogP contribution < -0.4 is 4.74 Å². The average Bonchev–Trinajstić information content (AvgIpc) is 3.15. The number of nitrogens with zero attached hydrogens (tertiary/aromatic N) is 2. The van der Waals surface area contributed by atoms with E-state index in [-0.39, 0.29) is 0 Å². The lowest BCUT2D eigenvalue weighted by Gasteiger charge is -2.36. The molecule has 1 aromatic heterocycles. The van der Waals surface area contributed by atoms with E-state index in [2.05, 4.69) is 41.1 Å². The molecule has 0 spiro atoms. The van der Waals surface area contributed by atoms with Crippen molar-refractivity contribution in [2.24, 2.45) is 0 Å². The Morgan fingerprint density at radius 2 is 2.16 bits per heavy atom. The smallest absolute Gasteiger partial charge is 0.122 e. The fraction of sp³-hybridized carbons (Fsp3) is 0.476. The Kier molecular flexibility index (Phi) is 4.99. The van der Waals surface area contributed by atoms with Crippen molar-refractivity contribution in [3.05, 3.63) is 59.4 Å². The van der Waals surface area contributed by atoms with Crippen LogP contribution in [-0.2, 0) is 17.8 Å². The number of piperidine rings is 1. The highest BCUT2D eigenvalue weighted by Gasteiger charge is 2.25. The number of aromatic nitrogens is 1. The lowest BCUT2D eigenvalue weighted by molar-refractivity contribution is -0.00986. The Morgan fingerprint density at radius 3 is 2.96 bits per heavy atom. The number of pyridine rings is 1. The van der Waals surface area contributed by atoms with Gasteiger partial charge in [-0.3, -0.25) is 9.88 Å². The zero-order valence-corrected chi connectivity index (χ0v) is 14.9.